The van der Waals surface area contributed by atoms with Gasteiger partial charge >= 0.3 is 0 Å². The Bertz CT molecular complexity index is 605. The molecule has 24 heavy (non-hydrogen) atoms. The van der Waals surface area contributed by atoms with Crippen LogP contribution in [-0.2, 0) is 9.59 Å². The molecular formula is C19H24N3O2+. The smallest absolute Gasteiger partial charge is 0.275 e. The number of amides is 2. The fraction of sp³-hybridized carbons (Fsp3) is 0.263. The maximum Gasteiger partial charge on any atom is 0.275 e. The van der Waals surface area contributed by atoms with E-state index in [4.69, 9.17) is 0 Å². The Hall–Kier alpha value is -2.66. The van der Waals surface area contributed by atoms with Crippen LogP contribution < -0.4 is 16.0 Å². The highest BCUT2D eigenvalue weighted by Crippen LogP contribution is 2.17. The van der Waals surface area contributed by atoms with Gasteiger partial charge in [-0.05, 0) is 6.92 Å². The van der Waals surface area contributed by atoms with E-state index in [2.05, 4.69) is 34.9 Å². The third-order valence-corrected chi connectivity index (χ3v) is 3.68. The summed E-state index contributed by atoms with van der Waals surface area (Å²) in [5, 5.41) is 7.28. The molecule has 0 radical (unpaired) electrons. The molecule has 0 bridgehead atoms. The molecule has 0 aliphatic heterocycles. The van der Waals surface area contributed by atoms with E-state index in [1.54, 1.807) is 0 Å². The van der Waals surface area contributed by atoms with Crippen LogP contribution in [0.4, 0.5) is 0 Å². The predicted octanol–water partition coefficient (Wildman–Crippen LogP) is 0.592. The monoisotopic (exact) mass is 326 g/mol. The Morgan fingerprint density at radius 3 is 1.92 bits per heavy atom. The first-order valence-electron chi connectivity index (χ1n) is 8.17. The van der Waals surface area contributed by atoms with Gasteiger partial charge in [0.25, 0.3) is 5.91 Å². The van der Waals surface area contributed by atoms with E-state index in [1.807, 2.05) is 48.6 Å². The summed E-state index contributed by atoms with van der Waals surface area (Å²) in [6, 6.07) is 20.2. The van der Waals surface area contributed by atoms with Gasteiger partial charge in [-0.15, -0.1) is 0 Å². The van der Waals surface area contributed by atoms with Crippen LogP contribution in [0.2, 0.25) is 0 Å². The highest BCUT2D eigenvalue weighted by atomic mass is 16.2. The van der Waals surface area contributed by atoms with Gasteiger partial charge in [-0.1, -0.05) is 60.7 Å². The highest BCUT2D eigenvalue weighted by Gasteiger charge is 2.18. The topological polar surface area (TPSA) is 74.8 Å². The zero-order valence-corrected chi connectivity index (χ0v) is 13.9. The molecule has 2 aromatic rings. The van der Waals surface area contributed by atoms with Crippen LogP contribution in [0.3, 0.4) is 0 Å². The van der Waals surface area contributed by atoms with Gasteiger partial charge in [0, 0.05) is 17.7 Å². The number of hydrogen-bond donors (Lipinski definition) is 3. The quantitative estimate of drug-likeness (QED) is 0.664. The maximum absolute atomic E-state index is 12.0. The van der Waals surface area contributed by atoms with Crippen LogP contribution in [0.1, 0.15) is 24.1 Å². The molecule has 0 fully saturated rings. The van der Waals surface area contributed by atoms with Crippen molar-refractivity contribution in [2.75, 3.05) is 19.6 Å². The minimum Gasteiger partial charge on any atom is -0.355 e. The summed E-state index contributed by atoms with van der Waals surface area (Å²) >= 11 is 0. The van der Waals surface area contributed by atoms with Gasteiger partial charge in [-0.25, -0.2) is 0 Å². The average molecular weight is 326 g/mol. The molecule has 0 saturated heterocycles. The van der Waals surface area contributed by atoms with Gasteiger partial charge in [0.15, 0.2) is 6.54 Å². The molecule has 0 aromatic heterocycles. The van der Waals surface area contributed by atoms with Gasteiger partial charge in [0.2, 0.25) is 5.91 Å². The third-order valence-electron chi connectivity index (χ3n) is 3.68. The Labute approximate surface area is 142 Å². The highest BCUT2D eigenvalue weighted by molar-refractivity contribution is 5.84. The van der Waals surface area contributed by atoms with Crippen molar-refractivity contribution in [1.29, 1.82) is 0 Å². The lowest BCUT2D eigenvalue weighted by Gasteiger charge is -2.16. The van der Waals surface area contributed by atoms with Crippen molar-refractivity contribution in [3.63, 3.8) is 0 Å². The average Bonchev–Trinajstić information content (AvgIpc) is 2.62. The first kappa shape index (κ1) is 17.7. The fourth-order valence-electron chi connectivity index (χ4n) is 2.52. The molecule has 4 N–H and O–H groups in total. The third kappa shape index (κ3) is 5.52. The number of likely N-dealkylation sites (N-methyl/N-ethyl adjacent to an activating group) is 1. The van der Waals surface area contributed by atoms with E-state index in [0.29, 0.717) is 6.54 Å². The fourth-order valence-corrected chi connectivity index (χ4v) is 2.52. The Morgan fingerprint density at radius 1 is 0.875 bits per heavy atom. The molecule has 5 nitrogen and oxygen atoms in total. The summed E-state index contributed by atoms with van der Waals surface area (Å²) in [6.45, 7) is 2.68. The van der Waals surface area contributed by atoms with Gasteiger partial charge in [-0.2, -0.15) is 0 Å². The number of carbonyl (C=O) groups excluding carboxylic acids is 2. The van der Waals surface area contributed by atoms with Crippen LogP contribution >= 0.6 is 0 Å². The molecule has 126 valence electrons. The molecule has 0 aliphatic carbocycles. The number of hydrogen-bond acceptors (Lipinski definition) is 2. The molecule has 0 spiro atoms. The Kier molecular flexibility index (Phi) is 6.98. The first-order chi connectivity index (χ1) is 11.7. The normalized spacial score (nSPS) is 10.4. The van der Waals surface area contributed by atoms with Gasteiger partial charge in [-0.3, -0.25) is 9.59 Å². The van der Waals surface area contributed by atoms with Gasteiger partial charge in [0.1, 0.15) is 6.04 Å². The van der Waals surface area contributed by atoms with E-state index in [9.17, 15) is 9.59 Å². The van der Waals surface area contributed by atoms with E-state index in [0.717, 1.165) is 11.1 Å². The SMILES string of the molecule is CCNC(=O)CNC(=O)C[NH2+]C(c1ccccc1)c1ccccc1. The van der Waals surface area contributed by atoms with Crippen molar-refractivity contribution >= 4 is 11.8 Å². The number of nitrogens with two attached hydrogens (primary N) is 1. The largest absolute Gasteiger partial charge is 0.355 e. The molecule has 5 heteroatoms. The number of quaternary nitrogens is 1. The summed E-state index contributed by atoms with van der Waals surface area (Å²) < 4.78 is 0. The molecule has 2 rings (SSSR count). The second kappa shape index (κ2) is 9.47. The molecular weight excluding hydrogens is 302 g/mol. The second-order valence-corrected chi connectivity index (χ2v) is 5.47. The molecule has 2 amide bonds. The van der Waals surface area contributed by atoms with Crippen molar-refractivity contribution in [3.8, 4) is 0 Å². The zero-order valence-electron chi connectivity index (χ0n) is 13.9. The van der Waals surface area contributed by atoms with Crippen molar-refractivity contribution in [2.45, 2.75) is 13.0 Å². The summed E-state index contributed by atoms with van der Waals surface area (Å²) in [4.78, 5) is 23.4. The van der Waals surface area contributed by atoms with E-state index in [-0.39, 0.29) is 30.9 Å². The molecule has 0 saturated carbocycles. The molecule has 2 aromatic carbocycles. The second-order valence-electron chi connectivity index (χ2n) is 5.47. The van der Waals surface area contributed by atoms with Crippen molar-refractivity contribution < 1.29 is 14.9 Å². The van der Waals surface area contributed by atoms with Crippen LogP contribution in [0.15, 0.2) is 60.7 Å². The Balaban J connectivity index is 1.97. The maximum atomic E-state index is 12.0. The molecule has 0 heterocycles. The van der Waals surface area contributed by atoms with Crippen molar-refractivity contribution in [2.24, 2.45) is 0 Å². The zero-order chi connectivity index (χ0) is 17.2. The Morgan fingerprint density at radius 2 is 1.42 bits per heavy atom. The first-order valence-corrected chi connectivity index (χ1v) is 8.17. The number of rotatable bonds is 8. The molecule has 0 aliphatic rings. The number of nitrogens with one attached hydrogen (secondary N) is 2. The van der Waals surface area contributed by atoms with Crippen molar-refractivity contribution in [3.05, 3.63) is 71.8 Å². The summed E-state index contributed by atoms with van der Waals surface area (Å²) in [5.74, 6) is -0.327. The van der Waals surface area contributed by atoms with E-state index >= 15 is 0 Å². The van der Waals surface area contributed by atoms with Gasteiger partial charge < -0.3 is 16.0 Å². The van der Waals surface area contributed by atoms with E-state index in [1.165, 1.54) is 0 Å². The number of carbonyl (C=O) groups is 2. The van der Waals surface area contributed by atoms with Gasteiger partial charge in [0.05, 0.1) is 6.54 Å². The molecule has 0 unspecified atom stereocenters. The van der Waals surface area contributed by atoms with Crippen LogP contribution in [0, 0.1) is 0 Å². The summed E-state index contributed by atoms with van der Waals surface area (Å²) in [6.07, 6.45) is 0. The van der Waals surface area contributed by atoms with Crippen LogP contribution in [0.5, 0.6) is 0 Å². The minimum absolute atomic E-state index is 0.0157. The van der Waals surface area contributed by atoms with E-state index < -0.39 is 0 Å². The van der Waals surface area contributed by atoms with Crippen LogP contribution in [-0.4, -0.2) is 31.4 Å². The minimum atomic E-state index is -0.173. The van der Waals surface area contributed by atoms with Crippen LogP contribution in [0.25, 0.3) is 0 Å². The lowest BCUT2D eigenvalue weighted by atomic mass is 9.99. The summed E-state index contributed by atoms with van der Waals surface area (Å²) in [7, 11) is 0. The standard InChI is InChI=1S/C19H23N3O2/c1-2-20-17(23)13-21-18(24)14-22-19(15-9-5-3-6-10-15)16-11-7-4-8-12-16/h3-12,19,22H,2,13-14H2,1H3,(H,20,23)(H,21,24)/p+1. The summed E-state index contributed by atoms with van der Waals surface area (Å²) in [5.41, 5.74) is 2.28. The lowest BCUT2D eigenvalue weighted by molar-refractivity contribution is -0.676. The predicted molar refractivity (Wildman–Crippen MR) is 93.2 cm³/mol. The van der Waals surface area contributed by atoms with Crippen molar-refractivity contribution in [1.82, 2.24) is 10.6 Å². The lowest BCUT2D eigenvalue weighted by Crippen LogP contribution is -2.87. The molecule has 0 atom stereocenters. The number of benzene rings is 2.